The molecule has 5 rings (SSSR count). The quantitative estimate of drug-likeness (QED) is 0.194. The Balaban J connectivity index is 1.42. The molecule has 0 heterocycles. The maximum absolute atomic E-state index is 11.7. The summed E-state index contributed by atoms with van der Waals surface area (Å²) in [7, 11) is 0. The molecule has 1 aliphatic rings. The van der Waals surface area contributed by atoms with Crippen molar-refractivity contribution in [3.63, 3.8) is 0 Å². The van der Waals surface area contributed by atoms with Crippen molar-refractivity contribution >= 4 is 23.5 Å². The number of aryl methyl sites for hydroxylation is 2. The molecule has 256 valence electrons. The fourth-order valence-electron chi connectivity index (χ4n) is 6.73. The van der Waals surface area contributed by atoms with E-state index in [9.17, 15) is 10.2 Å². The van der Waals surface area contributed by atoms with Gasteiger partial charge < -0.3 is 10.2 Å². The van der Waals surface area contributed by atoms with Gasteiger partial charge in [-0.05, 0) is 71.9 Å². The first-order valence-corrected chi connectivity index (χ1v) is 19.9. The van der Waals surface area contributed by atoms with Crippen LogP contribution in [0.3, 0.4) is 0 Å². The van der Waals surface area contributed by atoms with Gasteiger partial charge in [0.25, 0.3) is 0 Å². The van der Waals surface area contributed by atoms with E-state index in [4.69, 9.17) is 0 Å². The fourth-order valence-corrected chi connectivity index (χ4v) is 9.80. The second-order valence-electron chi connectivity index (χ2n) is 16.0. The molecule has 4 aromatic carbocycles. The maximum atomic E-state index is 11.7. The highest BCUT2D eigenvalue weighted by Gasteiger charge is 2.27. The molecule has 4 heteroatoms. The van der Waals surface area contributed by atoms with Gasteiger partial charge in [0, 0.05) is 44.3 Å². The molecule has 0 unspecified atom stereocenters. The van der Waals surface area contributed by atoms with Crippen LogP contribution in [0.1, 0.15) is 113 Å². The van der Waals surface area contributed by atoms with Gasteiger partial charge in [-0.1, -0.05) is 139 Å². The summed E-state index contributed by atoms with van der Waals surface area (Å²) >= 11 is 4.05. The number of phenolic OH excluding ortho intramolecular Hbond substituents is 2. The van der Waals surface area contributed by atoms with Crippen LogP contribution in [0.5, 0.6) is 11.5 Å². The Morgan fingerprint density at radius 3 is 1.31 bits per heavy atom. The fraction of sp³-hybridized carbons (Fsp3) is 0.455. The topological polar surface area (TPSA) is 40.5 Å². The third kappa shape index (κ3) is 9.04. The summed E-state index contributed by atoms with van der Waals surface area (Å²) in [5.74, 6) is 2.42. The van der Waals surface area contributed by atoms with Crippen molar-refractivity contribution < 1.29 is 10.2 Å². The minimum absolute atomic E-state index is 0.0226. The first-order valence-electron chi connectivity index (χ1n) is 17.8. The third-order valence-electron chi connectivity index (χ3n) is 9.82. The lowest BCUT2D eigenvalue weighted by Gasteiger charge is -2.30. The highest BCUT2D eigenvalue weighted by Crippen LogP contribution is 2.44. The van der Waals surface area contributed by atoms with Gasteiger partial charge in [0.1, 0.15) is 11.5 Å². The standard InChI is InChI=1S/C44H56O2S2/c1-29-15-13-17-31(21-29)37-25-35(43(3,4)5)23-33(41(37)45)27-47-39-19-11-9-10-12-20-40(39)48-28-34-24-36(44(6,7)8)26-38(42(34)46)32-18-14-16-30(2)22-32/h13-18,21-26,39-40,45-46H,9-12,19-20,27-28H2,1-8H3/t39-,40-/m0/s1. The zero-order valence-corrected chi connectivity index (χ0v) is 32.1. The van der Waals surface area contributed by atoms with Crippen LogP contribution in [0.25, 0.3) is 22.3 Å². The van der Waals surface area contributed by atoms with Gasteiger partial charge in [-0.3, -0.25) is 0 Å². The lowest BCUT2D eigenvalue weighted by atomic mass is 9.84. The summed E-state index contributed by atoms with van der Waals surface area (Å²) < 4.78 is 0. The van der Waals surface area contributed by atoms with Gasteiger partial charge in [-0.15, -0.1) is 0 Å². The molecule has 1 fully saturated rings. The predicted molar refractivity (Wildman–Crippen MR) is 212 cm³/mol. The van der Waals surface area contributed by atoms with Crippen LogP contribution in [0.2, 0.25) is 0 Å². The minimum Gasteiger partial charge on any atom is -0.507 e. The van der Waals surface area contributed by atoms with Crippen molar-refractivity contribution in [3.05, 3.63) is 106 Å². The van der Waals surface area contributed by atoms with E-state index in [1.54, 1.807) is 0 Å². The second kappa shape index (κ2) is 15.4. The highest BCUT2D eigenvalue weighted by atomic mass is 32.2. The number of thioether (sulfide) groups is 2. The first kappa shape index (κ1) is 36.5. The second-order valence-corrected chi connectivity index (χ2v) is 18.4. The number of hydrogen-bond donors (Lipinski definition) is 2. The van der Waals surface area contributed by atoms with Crippen LogP contribution < -0.4 is 0 Å². The number of phenols is 2. The van der Waals surface area contributed by atoms with E-state index in [-0.39, 0.29) is 10.8 Å². The Labute approximate surface area is 299 Å². The maximum Gasteiger partial charge on any atom is 0.127 e. The summed E-state index contributed by atoms with van der Waals surface area (Å²) in [6.07, 6.45) is 7.47. The van der Waals surface area contributed by atoms with Crippen LogP contribution in [-0.4, -0.2) is 20.7 Å². The number of hydrogen-bond acceptors (Lipinski definition) is 4. The van der Waals surface area contributed by atoms with Gasteiger partial charge in [-0.2, -0.15) is 23.5 Å². The molecule has 1 saturated carbocycles. The number of aromatic hydroxyl groups is 2. The van der Waals surface area contributed by atoms with Crippen molar-refractivity contribution in [3.8, 4) is 33.8 Å². The van der Waals surface area contributed by atoms with E-state index in [1.165, 1.54) is 60.8 Å². The molecule has 2 nitrogen and oxygen atoms in total. The summed E-state index contributed by atoms with van der Waals surface area (Å²) in [4.78, 5) is 0. The molecule has 0 aliphatic heterocycles. The molecular weight excluding hydrogens is 625 g/mol. The van der Waals surface area contributed by atoms with E-state index in [0.29, 0.717) is 22.0 Å². The van der Waals surface area contributed by atoms with Gasteiger partial charge in [-0.25, -0.2) is 0 Å². The SMILES string of the molecule is Cc1cccc(-c2cc(C(C)(C)C)cc(CS[C@H]3CCCCCC[C@@H]3SCc3cc(C(C)(C)C)cc(-c4cccc(C)c4)c3O)c2O)c1. The smallest absolute Gasteiger partial charge is 0.127 e. The molecule has 4 aromatic rings. The average Bonchev–Trinajstić information content (AvgIpc) is 3.00. The van der Waals surface area contributed by atoms with Crippen LogP contribution >= 0.6 is 23.5 Å². The number of rotatable bonds is 8. The lowest BCUT2D eigenvalue weighted by molar-refractivity contribution is 0.470. The van der Waals surface area contributed by atoms with Crippen LogP contribution in [-0.2, 0) is 22.3 Å². The lowest BCUT2D eigenvalue weighted by Crippen LogP contribution is -2.22. The van der Waals surface area contributed by atoms with Gasteiger partial charge in [0.15, 0.2) is 0 Å². The Morgan fingerprint density at radius 2 is 0.958 bits per heavy atom. The van der Waals surface area contributed by atoms with Crippen LogP contribution in [0.15, 0.2) is 72.8 Å². The minimum atomic E-state index is -0.0226. The molecule has 2 atom stereocenters. The largest absolute Gasteiger partial charge is 0.507 e. The summed E-state index contributed by atoms with van der Waals surface area (Å²) in [6, 6.07) is 25.8. The summed E-state index contributed by atoms with van der Waals surface area (Å²) in [5, 5.41) is 24.3. The van der Waals surface area contributed by atoms with Crippen molar-refractivity contribution in [2.24, 2.45) is 0 Å². The Morgan fingerprint density at radius 1 is 0.562 bits per heavy atom. The number of benzene rings is 4. The summed E-state index contributed by atoms with van der Waals surface area (Å²) in [5.41, 5.74) is 11.0. The van der Waals surface area contributed by atoms with E-state index in [0.717, 1.165) is 44.9 Å². The zero-order valence-electron chi connectivity index (χ0n) is 30.5. The predicted octanol–water partition coefficient (Wildman–Crippen LogP) is 12.9. The first-order chi connectivity index (χ1) is 22.7. The zero-order chi connectivity index (χ0) is 34.6. The molecule has 48 heavy (non-hydrogen) atoms. The molecule has 0 radical (unpaired) electrons. The normalized spacial score (nSPS) is 17.6. The Hall–Kier alpha value is -2.82. The van der Waals surface area contributed by atoms with Gasteiger partial charge in [0.2, 0.25) is 0 Å². The van der Waals surface area contributed by atoms with Crippen molar-refractivity contribution in [2.45, 2.75) is 127 Å². The van der Waals surface area contributed by atoms with Crippen molar-refractivity contribution in [1.82, 2.24) is 0 Å². The Bertz CT molecular complexity index is 1580. The molecule has 0 amide bonds. The van der Waals surface area contributed by atoms with E-state index in [1.807, 2.05) is 23.5 Å². The molecular formula is C44H56O2S2. The van der Waals surface area contributed by atoms with Crippen molar-refractivity contribution in [2.75, 3.05) is 0 Å². The van der Waals surface area contributed by atoms with Crippen LogP contribution in [0, 0.1) is 13.8 Å². The van der Waals surface area contributed by atoms with E-state index >= 15 is 0 Å². The molecule has 0 aromatic heterocycles. The molecule has 0 saturated heterocycles. The Kier molecular flexibility index (Phi) is 11.7. The van der Waals surface area contributed by atoms with Gasteiger partial charge >= 0.3 is 0 Å². The molecule has 1 aliphatic carbocycles. The van der Waals surface area contributed by atoms with Gasteiger partial charge in [0.05, 0.1) is 0 Å². The summed E-state index contributed by atoms with van der Waals surface area (Å²) in [6.45, 7) is 17.8. The highest BCUT2D eigenvalue weighted by molar-refractivity contribution is 8.03. The van der Waals surface area contributed by atoms with E-state index < -0.39 is 0 Å². The van der Waals surface area contributed by atoms with Crippen molar-refractivity contribution in [1.29, 1.82) is 0 Å². The third-order valence-corrected chi connectivity index (χ3v) is 12.9. The van der Waals surface area contributed by atoms with Crippen LogP contribution in [0.4, 0.5) is 0 Å². The molecule has 0 spiro atoms. The van der Waals surface area contributed by atoms with E-state index in [2.05, 4.69) is 128 Å². The monoisotopic (exact) mass is 680 g/mol. The average molecular weight is 681 g/mol. The molecule has 0 bridgehead atoms. The molecule has 2 N–H and O–H groups in total.